The fraction of sp³-hybridized carbons (Fsp3) is 0.308. The smallest absolute Gasteiger partial charge is 0.113 e. The van der Waals surface area contributed by atoms with Gasteiger partial charge in [-0.25, -0.2) is 4.98 Å². The molecule has 0 spiro atoms. The van der Waals surface area contributed by atoms with E-state index in [1.165, 1.54) is 0 Å². The average molecular weight is 250 g/mol. The summed E-state index contributed by atoms with van der Waals surface area (Å²) >= 11 is 6.27. The highest BCUT2D eigenvalue weighted by molar-refractivity contribution is 6.32. The van der Waals surface area contributed by atoms with Gasteiger partial charge in [0, 0.05) is 25.4 Å². The standard InChI is InChI=1S/C13H16ClN3/c1-2-4-12-16-7-8-17(12)13-10(9-15)5-3-6-11(13)14/h3,5-8H,2,4,9,15H2,1H3. The Morgan fingerprint density at radius 1 is 1.41 bits per heavy atom. The van der Waals surface area contributed by atoms with Crippen LogP contribution in [0, 0.1) is 0 Å². The van der Waals surface area contributed by atoms with Crippen LogP contribution < -0.4 is 5.73 Å². The van der Waals surface area contributed by atoms with E-state index in [-0.39, 0.29) is 0 Å². The summed E-state index contributed by atoms with van der Waals surface area (Å²) in [5.74, 6) is 1.02. The highest BCUT2D eigenvalue weighted by atomic mass is 35.5. The maximum Gasteiger partial charge on any atom is 0.113 e. The molecule has 17 heavy (non-hydrogen) atoms. The van der Waals surface area contributed by atoms with Crippen molar-refractivity contribution in [1.29, 1.82) is 0 Å². The van der Waals surface area contributed by atoms with E-state index in [2.05, 4.69) is 11.9 Å². The van der Waals surface area contributed by atoms with Gasteiger partial charge in [0.1, 0.15) is 5.82 Å². The van der Waals surface area contributed by atoms with E-state index in [0.29, 0.717) is 11.6 Å². The van der Waals surface area contributed by atoms with Crippen molar-refractivity contribution in [3.8, 4) is 5.69 Å². The minimum absolute atomic E-state index is 0.472. The summed E-state index contributed by atoms with van der Waals surface area (Å²) in [7, 11) is 0. The number of halogens is 1. The predicted octanol–water partition coefficient (Wildman–Crippen LogP) is 2.94. The lowest BCUT2D eigenvalue weighted by molar-refractivity contribution is 0.803. The molecule has 0 fully saturated rings. The van der Waals surface area contributed by atoms with Gasteiger partial charge >= 0.3 is 0 Å². The summed E-state index contributed by atoms with van der Waals surface area (Å²) in [6.45, 7) is 2.61. The van der Waals surface area contributed by atoms with Crippen LogP contribution in [0.4, 0.5) is 0 Å². The van der Waals surface area contributed by atoms with Crippen molar-refractivity contribution in [2.24, 2.45) is 5.73 Å². The van der Waals surface area contributed by atoms with Crippen LogP contribution >= 0.6 is 11.6 Å². The van der Waals surface area contributed by atoms with Gasteiger partial charge in [0.25, 0.3) is 0 Å². The second kappa shape index (κ2) is 5.34. The lowest BCUT2D eigenvalue weighted by Gasteiger charge is -2.13. The van der Waals surface area contributed by atoms with Gasteiger partial charge in [-0.15, -0.1) is 0 Å². The molecule has 4 heteroatoms. The molecule has 1 aromatic carbocycles. The second-order valence-electron chi connectivity index (χ2n) is 3.92. The zero-order valence-electron chi connectivity index (χ0n) is 9.86. The Bertz CT molecular complexity index is 505. The van der Waals surface area contributed by atoms with E-state index in [1.807, 2.05) is 29.0 Å². The first-order valence-electron chi connectivity index (χ1n) is 5.78. The summed E-state index contributed by atoms with van der Waals surface area (Å²) in [5, 5.41) is 0.711. The predicted molar refractivity (Wildman–Crippen MR) is 70.5 cm³/mol. The minimum atomic E-state index is 0.472. The number of rotatable bonds is 4. The Labute approximate surface area is 106 Å². The highest BCUT2D eigenvalue weighted by Gasteiger charge is 2.11. The Morgan fingerprint density at radius 2 is 2.24 bits per heavy atom. The first-order valence-corrected chi connectivity index (χ1v) is 6.15. The highest BCUT2D eigenvalue weighted by Crippen LogP contribution is 2.25. The summed E-state index contributed by atoms with van der Waals surface area (Å²) in [6.07, 6.45) is 5.72. The molecule has 3 nitrogen and oxygen atoms in total. The number of para-hydroxylation sites is 1. The summed E-state index contributed by atoms with van der Waals surface area (Å²) in [6, 6.07) is 5.80. The second-order valence-corrected chi connectivity index (χ2v) is 4.32. The van der Waals surface area contributed by atoms with Gasteiger partial charge in [0.2, 0.25) is 0 Å². The number of aryl methyl sites for hydroxylation is 1. The maximum atomic E-state index is 6.27. The molecule has 0 aliphatic rings. The van der Waals surface area contributed by atoms with Gasteiger partial charge in [-0.3, -0.25) is 0 Å². The maximum absolute atomic E-state index is 6.27. The number of benzene rings is 1. The van der Waals surface area contributed by atoms with Crippen LogP contribution in [0.2, 0.25) is 5.02 Å². The Kier molecular flexibility index (Phi) is 3.82. The molecule has 1 heterocycles. The molecule has 2 N–H and O–H groups in total. The van der Waals surface area contributed by atoms with E-state index >= 15 is 0 Å². The molecule has 90 valence electrons. The molecule has 1 aromatic heterocycles. The van der Waals surface area contributed by atoms with Gasteiger partial charge in [0.05, 0.1) is 10.7 Å². The first kappa shape index (κ1) is 12.1. The Balaban J connectivity index is 2.55. The molecule has 2 rings (SSSR count). The average Bonchev–Trinajstić information content (AvgIpc) is 2.77. The molecule has 0 bridgehead atoms. The minimum Gasteiger partial charge on any atom is -0.326 e. The summed E-state index contributed by atoms with van der Waals surface area (Å²) < 4.78 is 2.04. The summed E-state index contributed by atoms with van der Waals surface area (Å²) in [5.41, 5.74) is 7.75. The van der Waals surface area contributed by atoms with Crippen LogP contribution in [0.15, 0.2) is 30.6 Å². The zero-order valence-corrected chi connectivity index (χ0v) is 10.6. The molecule has 2 aromatic rings. The number of hydrogen-bond acceptors (Lipinski definition) is 2. The molecule has 0 saturated carbocycles. The molecular formula is C13H16ClN3. The number of nitrogens with two attached hydrogens (primary N) is 1. The SMILES string of the molecule is CCCc1nccn1-c1c(Cl)cccc1CN. The van der Waals surface area contributed by atoms with Crippen LogP contribution in [-0.4, -0.2) is 9.55 Å². The molecule has 0 amide bonds. The van der Waals surface area contributed by atoms with Crippen molar-refractivity contribution in [2.75, 3.05) is 0 Å². The monoisotopic (exact) mass is 249 g/mol. The van der Waals surface area contributed by atoms with E-state index in [1.54, 1.807) is 6.20 Å². The lowest BCUT2D eigenvalue weighted by Crippen LogP contribution is -2.07. The van der Waals surface area contributed by atoms with Crippen LogP contribution in [0.25, 0.3) is 5.69 Å². The number of nitrogens with zero attached hydrogens (tertiary/aromatic N) is 2. The number of hydrogen-bond donors (Lipinski definition) is 1. The molecule has 0 radical (unpaired) electrons. The third-order valence-electron chi connectivity index (χ3n) is 2.72. The topological polar surface area (TPSA) is 43.8 Å². The van der Waals surface area contributed by atoms with Crippen molar-refractivity contribution in [3.63, 3.8) is 0 Å². The molecular weight excluding hydrogens is 234 g/mol. The van der Waals surface area contributed by atoms with Crippen molar-refractivity contribution in [1.82, 2.24) is 9.55 Å². The van der Waals surface area contributed by atoms with E-state index in [9.17, 15) is 0 Å². The molecule has 0 unspecified atom stereocenters. The molecule has 0 saturated heterocycles. The van der Waals surface area contributed by atoms with Crippen LogP contribution in [0.1, 0.15) is 24.7 Å². The van der Waals surface area contributed by atoms with Crippen LogP contribution in [-0.2, 0) is 13.0 Å². The van der Waals surface area contributed by atoms with Gasteiger partial charge in [0.15, 0.2) is 0 Å². The van der Waals surface area contributed by atoms with Crippen LogP contribution in [0.5, 0.6) is 0 Å². The Morgan fingerprint density at radius 3 is 2.94 bits per heavy atom. The lowest BCUT2D eigenvalue weighted by atomic mass is 10.1. The molecule has 0 aliphatic heterocycles. The van der Waals surface area contributed by atoms with Gasteiger partial charge in [-0.05, 0) is 18.1 Å². The first-order chi connectivity index (χ1) is 8.27. The fourth-order valence-electron chi connectivity index (χ4n) is 1.94. The summed E-state index contributed by atoms with van der Waals surface area (Å²) in [4.78, 5) is 4.36. The van der Waals surface area contributed by atoms with E-state index in [0.717, 1.165) is 29.9 Å². The largest absolute Gasteiger partial charge is 0.326 e. The van der Waals surface area contributed by atoms with Crippen molar-refractivity contribution < 1.29 is 0 Å². The fourth-order valence-corrected chi connectivity index (χ4v) is 2.23. The normalized spacial score (nSPS) is 10.8. The van der Waals surface area contributed by atoms with Crippen molar-refractivity contribution >= 4 is 11.6 Å². The van der Waals surface area contributed by atoms with Gasteiger partial charge < -0.3 is 10.3 Å². The van der Waals surface area contributed by atoms with E-state index < -0.39 is 0 Å². The zero-order chi connectivity index (χ0) is 12.3. The van der Waals surface area contributed by atoms with Crippen molar-refractivity contribution in [2.45, 2.75) is 26.3 Å². The molecule has 0 aliphatic carbocycles. The third kappa shape index (κ3) is 2.35. The quantitative estimate of drug-likeness (QED) is 0.906. The van der Waals surface area contributed by atoms with Gasteiger partial charge in [-0.1, -0.05) is 30.7 Å². The number of imidazole rings is 1. The van der Waals surface area contributed by atoms with Gasteiger partial charge in [-0.2, -0.15) is 0 Å². The number of aromatic nitrogens is 2. The van der Waals surface area contributed by atoms with Crippen LogP contribution in [0.3, 0.4) is 0 Å². The third-order valence-corrected chi connectivity index (χ3v) is 3.03. The molecule has 0 atom stereocenters. The van der Waals surface area contributed by atoms with E-state index in [4.69, 9.17) is 17.3 Å². The Hall–Kier alpha value is -1.32. The van der Waals surface area contributed by atoms with Crippen molar-refractivity contribution in [3.05, 3.63) is 47.0 Å².